The number of hydrogen-bond donors (Lipinski definition) is 0. The fourth-order valence-electron chi connectivity index (χ4n) is 2.94. The van der Waals surface area contributed by atoms with Crippen molar-refractivity contribution in [3.63, 3.8) is 0 Å². The van der Waals surface area contributed by atoms with E-state index in [0.717, 1.165) is 16.7 Å². The number of carbonyl (C=O) groups excluding carboxylic acids is 1. The minimum Gasteiger partial charge on any atom is -0.463 e. The third kappa shape index (κ3) is 6.15. The van der Waals surface area contributed by atoms with E-state index in [0.29, 0.717) is 18.0 Å². The van der Waals surface area contributed by atoms with Crippen LogP contribution in [0.25, 0.3) is 5.70 Å². The van der Waals surface area contributed by atoms with E-state index in [2.05, 4.69) is 11.8 Å². The molecule has 0 saturated carbocycles. The van der Waals surface area contributed by atoms with Crippen molar-refractivity contribution in [3.8, 4) is 11.8 Å². The van der Waals surface area contributed by atoms with Gasteiger partial charge in [-0.1, -0.05) is 60.4 Å². The zero-order valence-corrected chi connectivity index (χ0v) is 18.0. The molecular weight excluding hydrogens is 386 g/mol. The quantitative estimate of drug-likeness (QED) is 0.396. The Morgan fingerprint density at radius 3 is 2.39 bits per heavy atom. The lowest BCUT2D eigenvalue weighted by molar-refractivity contribution is -0.137. The van der Waals surface area contributed by atoms with Crippen LogP contribution >= 0.6 is 0 Å². The van der Waals surface area contributed by atoms with Gasteiger partial charge in [-0.2, -0.15) is 0 Å². The molecule has 4 nitrogen and oxygen atoms in total. The first-order valence-corrected chi connectivity index (χ1v) is 10.1. The van der Waals surface area contributed by atoms with E-state index in [1.165, 1.54) is 6.08 Å². The highest BCUT2D eigenvalue weighted by Crippen LogP contribution is 2.25. The zero-order chi connectivity index (χ0) is 22.1. The van der Waals surface area contributed by atoms with Gasteiger partial charge in [0.1, 0.15) is 5.60 Å². The van der Waals surface area contributed by atoms with Crippen LogP contribution in [0.15, 0.2) is 95.5 Å². The molecule has 0 amide bonds. The summed E-state index contributed by atoms with van der Waals surface area (Å²) in [5, 5.41) is 0. The molecule has 2 aromatic rings. The van der Waals surface area contributed by atoms with Crippen molar-refractivity contribution in [3.05, 3.63) is 102 Å². The number of ether oxygens (including phenoxy) is 2. The van der Waals surface area contributed by atoms with Crippen molar-refractivity contribution in [2.75, 3.05) is 13.7 Å². The van der Waals surface area contributed by atoms with Crippen molar-refractivity contribution in [1.82, 2.24) is 0 Å². The molecule has 0 radical (unpaired) electrons. The Labute approximate surface area is 183 Å². The number of carbonyl (C=O) groups is 1. The molecule has 1 unspecified atom stereocenters. The first-order chi connectivity index (χ1) is 15.0. The topological polar surface area (TPSA) is 47.9 Å². The highest BCUT2D eigenvalue weighted by Gasteiger charge is 2.23. The molecule has 3 rings (SSSR count). The van der Waals surface area contributed by atoms with E-state index >= 15 is 0 Å². The van der Waals surface area contributed by atoms with Crippen LogP contribution < -0.4 is 0 Å². The Morgan fingerprint density at radius 1 is 1.06 bits per heavy atom. The van der Waals surface area contributed by atoms with Gasteiger partial charge >= 0.3 is 5.97 Å². The van der Waals surface area contributed by atoms with E-state index in [4.69, 9.17) is 14.5 Å². The SMILES string of the molecule is CCOC(=O)/C=C(\N=C1C=CC(C)(OC)C=C1C#Cc1ccccc1)c1ccccc1. The monoisotopic (exact) mass is 411 g/mol. The molecule has 0 saturated heterocycles. The minimum absolute atomic E-state index is 0.299. The van der Waals surface area contributed by atoms with Gasteiger partial charge in [0.05, 0.1) is 18.0 Å². The summed E-state index contributed by atoms with van der Waals surface area (Å²) in [6, 6.07) is 19.3. The second-order valence-electron chi connectivity index (χ2n) is 7.04. The van der Waals surface area contributed by atoms with Crippen LogP contribution in [0, 0.1) is 11.8 Å². The molecule has 0 aromatic heterocycles. The van der Waals surface area contributed by atoms with Crippen LogP contribution in [0.4, 0.5) is 0 Å². The molecule has 0 bridgehead atoms. The molecule has 1 atom stereocenters. The molecule has 0 fully saturated rings. The molecule has 0 heterocycles. The predicted octanol–water partition coefficient (Wildman–Crippen LogP) is 4.98. The van der Waals surface area contributed by atoms with Crippen LogP contribution in [-0.2, 0) is 14.3 Å². The van der Waals surface area contributed by atoms with Crippen LogP contribution in [0.3, 0.4) is 0 Å². The molecule has 4 heteroatoms. The summed E-state index contributed by atoms with van der Waals surface area (Å²) in [5.74, 6) is 5.96. The van der Waals surface area contributed by atoms with Crippen molar-refractivity contribution in [2.45, 2.75) is 19.4 Å². The Balaban J connectivity index is 2.07. The highest BCUT2D eigenvalue weighted by molar-refractivity contribution is 6.15. The van der Waals surface area contributed by atoms with Crippen molar-refractivity contribution >= 4 is 17.4 Å². The maximum absolute atomic E-state index is 12.2. The summed E-state index contributed by atoms with van der Waals surface area (Å²) in [6.07, 6.45) is 7.15. The van der Waals surface area contributed by atoms with Gasteiger partial charge in [0, 0.05) is 29.9 Å². The molecule has 0 spiro atoms. The fourth-order valence-corrected chi connectivity index (χ4v) is 2.94. The number of esters is 1. The third-order valence-electron chi connectivity index (χ3n) is 4.69. The zero-order valence-electron chi connectivity index (χ0n) is 18.0. The van der Waals surface area contributed by atoms with Crippen LogP contribution in [0.1, 0.15) is 25.0 Å². The van der Waals surface area contributed by atoms with Gasteiger partial charge in [0.15, 0.2) is 0 Å². The average molecular weight is 412 g/mol. The third-order valence-corrected chi connectivity index (χ3v) is 4.69. The fraction of sp³-hybridized carbons (Fsp3) is 0.185. The van der Waals surface area contributed by atoms with Crippen LogP contribution in [0.5, 0.6) is 0 Å². The summed E-state index contributed by atoms with van der Waals surface area (Å²) >= 11 is 0. The van der Waals surface area contributed by atoms with Crippen molar-refractivity contribution < 1.29 is 14.3 Å². The largest absolute Gasteiger partial charge is 0.463 e. The summed E-state index contributed by atoms with van der Waals surface area (Å²) in [5.41, 5.74) is 3.01. The number of hydrogen-bond acceptors (Lipinski definition) is 4. The molecule has 156 valence electrons. The van der Waals surface area contributed by atoms with Gasteiger partial charge in [0.25, 0.3) is 0 Å². The summed E-state index contributed by atoms with van der Waals surface area (Å²) in [7, 11) is 1.65. The number of allylic oxidation sites excluding steroid dienone is 2. The number of benzene rings is 2. The van der Waals surface area contributed by atoms with Gasteiger partial charge in [-0.05, 0) is 44.2 Å². The average Bonchev–Trinajstić information content (AvgIpc) is 2.80. The van der Waals surface area contributed by atoms with Crippen LogP contribution in [-0.4, -0.2) is 31.0 Å². The highest BCUT2D eigenvalue weighted by atomic mass is 16.5. The van der Waals surface area contributed by atoms with Crippen molar-refractivity contribution in [2.24, 2.45) is 4.99 Å². The standard InChI is InChI=1S/C27H25NO3/c1-4-31-26(29)19-25(22-13-9-6-10-14-22)28-24-17-18-27(2,30-3)20-23(24)16-15-21-11-7-5-8-12-21/h5-14,17-20H,4H2,1-3H3/b25-19-,28-24?. The van der Waals surface area contributed by atoms with E-state index in [1.54, 1.807) is 14.0 Å². The predicted molar refractivity (Wildman–Crippen MR) is 124 cm³/mol. The minimum atomic E-state index is -0.586. The normalized spacial score (nSPS) is 19.4. The molecular formula is C27H25NO3. The second kappa shape index (κ2) is 10.4. The second-order valence-corrected chi connectivity index (χ2v) is 7.04. The number of nitrogens with zero attached hydrogens (tertiary/aromatic N) is 1. The smallest absolute Gasteiger partial charge is 0.332 e. The summed E-state index contributed by atoms with van der Waals surface area (Å²) in [6.45, 7) is 4.03. The summed E-state index contributed by atoms with van der Waals surface area (Å²) in [4.78, 5) is 16.9. The van der Waals surface area contributed by atoms with Crippen LogP contribution in [0.2, 0.25) is 0 Å². The molecule has 0 N–H and O–H groups in total. The number of aliphatic imine (C=N–C) groups is 1. The van der Waals surface area contributed by atoms with Gasteiger partial charge < -0.3 is 9.47 Å². The van der Waals surface area contributed by atoms with Gasteiger partial charge in [-0.25, -0.2) is 9.79 Å². The lowest BCUT2D eigenvalue weighted by atomic mass is 9.93. The Kier molecular flexibility index (Phi) is 7.37. The van der Waals surface area contributed by atoms with Gasteiger partial charge in [-0.15, -0.1) is 0 Å². The molecule has 31 heavy (non-hydrogen) atoms. The molecule has 1 aliphatic carbocycles. The maximum atomic E-state index is 12.2. The van der Waals surface area contributed by atoms with E-state index in [9.17, 15) is 4.79 Å². The number of methoxy groups -OCH3 is 1. The summed E-state index contributed by atoms with van der Waals surface area (Å²) < 4.78 is 10.7. The Morgan fingerprint density at radius 2 is 1.74 bits per heavy atom. The van der Waals surface area contributed by atoms with Gasteiger partial charge in [0.2, 0.25) is 0 Å². The maximum Gasteiger partial charge on any atom is 0.332 e. The molecule has 1 aliphatic rings. The van der Waals surface area contributed by atoms with Gasteiger partial charge in [-0.3, -0.25) is 0 Å². The Hall–Kier alpha value is -3.68. The van der Waals surface area contributed by atoms with E-state index in [-0.39, 0.29) is 0 Å². The van der Waals surface area contributed by atoms with E-state index < -0.39 is 11.6 Å². The van der Waals surface area contributed by atoms with E-state index in [1.807, 2.05) is 85.8 Å². The van der Waals surface area contributed by atoms with Crippen molar-refractivity contribution in [1.29, 1.82) is 0 Å². The lowest BCUT2D eigenvalue weighted by Crippen LogP contribution is -2.26. The lowest BCUT2D eigenvalue weighted by Gasteiger charge is -2.24. The Bertz CT molecular complexity index is 1100. The number of rotatable bonds is 5. The first kappa shape index (κ1) is 22.0. The molecule has 0 aliphatic heterocycles. The first-order valence-electron chi connectivity index (χ1n) is 10.1. The molecule has 2 aromatic carbocycles.